The number of ether oxygens (including phenoxy) is 1. The zero-order chi connectivity index (χ0) is 13.1. The lowest BCUT2D eigenvalue weighted by Crippen LogP contribution is -2.22. The average molecular weight is 238 g/mol. The van der Waals surface area contributed by atoms with Crippen LogP contribution >= 0.6 is 0 Å². The van der Waals surface area contributed by atoms with Gasteiger partial charge in [0, 0.05) is 6.08 Å². The van der Waals surface area contributed by atoms with Crippen LogP contribution < -0.4 is 0 Å². The second-order valence-electron chi connectivity index (χ2n) is 5.14. The van der Waals surface area contributed by atoms with Crippen molar-refractivity contribution in [3.63, 3.8) is 0 Å². The van der Waals surface area contributed by atoms with Gasteiger partial charge in [-0.05, 0) is 53.4 Å². The lowest BCUT2D eigenvalue weighted by molar-refractivity contribution is -0.148. The summed E-state index contributed by atoms with van der Waals surface area (Å²) in [5.41, 5.74) is -0.395. The Morgan fingerprint density at radius 3 is 2.18 bits per heavy atom. The molecule has 0 aliphatic rings. The molecule has 0 fully saturated rings. The van der Waals surface area contributed by atoms with Gasteiger partial charge in [-0.2, -0.15) is 0 Å². The molecule has 0 aliphatic heterocycles. The third-order valence-electron chi connectivity index (χ3n) is 2.14. The van der Waals surface area contributed by atoms with Gasteiger partial charge in [0.15, 0.2) is 0 Å². The molecular formula is C15H26O2. The summed E-state index contributed by atoms with van der Waals surface area (Å²) in [5, 5.41) is 0. The smallest absolute Gasteiger partial charge is 0.330 e. The summed E-state index contributed by atoms with van der Waals surface area (Å²) < 4.78 is 5.16. The Hall–Kier alpha value is -1.05. The standard InChI is InChI=1S/C15H26O2/c1-5-6-7-8-9-10-11-12-13-14(16)17-15(2,3)4/h5-6,12-13H,7-11H2,1-4H3. The van der Waals surface area contributed by atoms with Crippen molar-refractivity contribution < 1.29 is 9.53 Å². The molecule has 0 aliphatic carbocycles. The summed E-state index contributed by atoms with van der Waals surface area (Å²) in [7, 11) is 0. The van der Waals surface area contributed by atoms with Gasteiger partial charge in [-0.15, -0.1) is 0 Å². The molecule has 2 nitrogen and oxygen atoms in total. The van der Waals surface area contributed by atoms with Crippen LogP contribution in [-0.2, 0) is 9.53 Å². The van der Waals surface area contributed by atoms with Gasteiger partial charge in [0.05, 0.1) is 0 Å². The first kappa shape index (κ1) is 16.0. The maximum absolute atomic E-state index is 11.3. The largest absolute Gasteiger partial charge is 0.457 e. The lowest BCUT2D eigenvalue weighted by Gasteiger charge is -2.17. The molecule has 0 aromatic carbocycles. The number of hydrogen-bond donors (Lipinski definition) is 0. The van der Waals surface area contributed by atoms with Gasteiger partial charge in [0.25, 0.3) is 0 Å². The van der Waals surface area contributed by atoms with E-state index in [4.69, 9.17) is 4.74 Å². The van der Waals surface area contributed by atoms with E-state index < -0.39 is 5.60 Å². The topological polar surface area (TPSA) is 26.3 Å². The molecule has 0 N–H and O–H groups in total. The molecule has 0 aromatic rings. The van der Waals surface area contributed by atoms with Crippen LogP contribution in [0.15, 0.2) is 24.3 Å². The van der Waals surface area contributed by atoms with Crippen LogP contribution in [0.2, 0.25) is 0 Å². The van der Waals surface area contributed by atoms with Crippen LogP contribution in [0, 0.1) is 0 Å². The quantitative estimate of drug-likeness (QED) is 0.284. The molecule has 0 bridgehead atoms. The normalized spacial score (nSPS) is 12.5. The molecule has 0 amide bonds. The molecule has 0 aromatic heterocycles. The van der Waals surface area contributed by atoms with Gasteiger partial charge < -0.3 is 4.74 Å². The highest BCUT2D eigenvalue weighted by Gasteiger charge is 2.13. The summed E-state index contributed by atoms with van der Waals surface area (Å²) in [4.78, 5) is 11.3. The summed E-state index contributed by atoms with van der Waals surface area (Å²) in [6, 6.07) is 0. The predicted molar refractivity (Wildman–Crippen MR) is 72.9 cm³/mol. The van der Waals surface area contributed by atoms with E-state index in [2.05, 4.69) is 12.2 Å². The van der Waals surface area contributed by atoms with Crippen LogP contribution in [0.4, 0.5) is 0 Å². The molecule has 0 atom stereocenters. The monoisotopic (exact) mass is 238 g/mol. The fourth-order valence-corrected chi connectivity index (χ4v) is 1.38. The molecule has 0 saturated heterocycles. The van der Waals surface area contributed by atoms with Crippen molar-refractivity contribution in [2.45, 2.75) is 65.4 Å². The fourth-order valence-electron chi connectivity index (χ4n) is 1.38. The number of allylic oxidation sites excluding steroid dienone is 3. The van der Waals surface area contributed by atoms with E-state index in [0.29, 0.717) is 0 Å². The third kappa shape index (κ3) is 12.9. The molecule has 0 spiro atoms. The van der Waals surface area contributed by atoms with Crippen LogP contribution in [0.1, 0.15) is 59.8 Å². The number of rotatable bonds is 7. The molecule has 17 heavy (non-hydrogen) atoms. The van der Waals surface area contributed by atoms with E-state index in [0.717, 1.165) is 19.3 Å². The van der Waals surface area contributed by atoms with Gasteiger partial charge in [0.2, 0.25) is 0 Å². The third-order valence-corrected chi connectivity index (χ3v) is 2.14. The number of unbranched alkanes of at least 4 members (excludes halogenated alkanes) is 4. The summed E-state index contributed by atoms with van der Waals surface area (Å²) in [6.07, 6.45) is 13.4. The van der Waals surface area contributed by atoms with Gasteiger partial charge in [-0.25, -0.2) is 4.79 Å². The van der Waals surface area contributed by atoms with Crippen molar-refractivity contribution in [1.29, 1.82) is 0 Å². The summed E-state index contributed by atoms with van der Waals surface area (Å²) in [6.45, 7) is 7.67. The van der Waals surface area contributed by atoms with Crippen molar-refractivity contribution in [3.8, 4) is 0 Å². The highest BCUT2D eigenvalue weighted by Crippen LogP contribution is 2.08. The van der Waals surface area contributed by atoms with Crippen molar-refractivity contribution in [2.75, 3.05) is 0 Å². The first-order valence-electron chi connectivity index (χ1n) is 6.46. The van der Waals surface area contributed by atoms with Crippen molar-refractivity contribution in [3.05, 3.63) is 24.3 Å². The number of esters is 1. The highest BCUT2D eigenvalue weighted by atomic mass is 16.6. The second kappa shape index (κ2) is 9.03. The Bertz CT molecular complexity index is 257. The Kier molecular flexibility index (Phi) is 8.47. The Balaban J connectivity index is 3.51. The number of carbonyl (C=O) groups excluding carboxylic acids is 1. The zero-order valence-electron chi connectivity index (χ0n) is 11.7. The maximum Gasteiger partial charge on any atom is 0.330 e. The van der Waals surface area contributed by atoms with Gasteiger partial charge in [0.1, 0.15) is 5.60 Å². The van der Waals surface area contributed by atoms with Crippen molar-refractivity contribution in [2.24, 2.45) is 0 Å². The van der Waals surface area contributed by atoms with Crippen molar-refractivity contribution >= 4 is 5.97 Å². The van der Waals surface area contributed by atoms with E-state index in [-0.39, 0.29) is 5.97 Å². The predicted octanol–water partition coefficient (Wildman–Crippen LogP) is 4.41. The van der Waals surface area contributed by atoms with Crippen LogP contribution in [0.3, 0.4) is 0 Å². The number of hydrogen-bond acceptors (Lipinski definition) is 2. The molecule has 98 valence electrons. The van der Waals surface area contributed by atoms with Gasteiger partial charge in [-0.3, -0.25) is 0 Å². The molecule has 0 unspecified atom stereocenters. The minimum Gasteiger partial charge on any atom is -0.457 e. The Morgan fingerprint density at radius 1 is 1.06 bits per heavy atom. The molecule has 0 saturated carbocycles. The fraction of sp³-hybridized carbons (Fsp3) is 0.667. The SMILES string of the molecule is CC=CCCCCCC=CC(=O)OC(C)(C)C. The van der Waals surface area contributed by atoms with Crippen LogP contribution in [-0.4, -0.2) is 11.6 Å². The average Bonchev–Trinajstić information content (AvgIpc) is 2.19. The van der Waals surface area contributed by atoms with Crippen LogP contribution in [0.25, 0.3) is 0 Å². The second-order valence-corrected chi connectivity index (χ2v) is 5.14. The first-order chi connectivity index (χ1) is 7.95. The first-order valence-corrected chi connectivity index (χ1v) is 6.46. The molecular weight excluding hydrogens is 212 g/mol. The molecule has 0 radical (unpaired) electrons. The minimum absolute atomic E-state index is 0.244. The maximum atomic E-state index is 11.3. The van der Waals surface area contributed by atoms with E-state index >= 15 is 0 Å². The highest BCUT2D eigenvalue weighted by molar-refractivity contribution is 5.82. The van der Waals surface area contributed by atoms with Crippen molar-refractivity contribution in [1.82, 2.24) is 0 Å². The lowest BCUT2D eigenvalue weighted by atomic mass is 10.1. The molecule has 2 heteroatoms. The van der Waals surface area contributed by atoms with Gasteiger partial charge >= 0.3 is 5.97 Å². The Labute approximate surface area is 106 Å². The molecule has 0 rings (SSSR count). The zero-order valence-corrected chi connectivity index (χ0v) is 11.7. The van der Waals surface area contributed by atoms with Crippen LogP contribution in [0.5, 0.6) is 0 Å². The Morgan fingerprint density at radius 2 is 1.65 bits per heavy atom. The van der Waals surface area contributed by atoms with E-state index in [1.165, 1.54) is 18.9 Å². The number of carbonyl (C=O) groups is 1. The van der Waals surface area contributed by atoms with E-state index in [1.807, 2.05) is 33.8 Å². The summed E-state index contributed by atoms with van der Waals surface area (Å²) >= 11 is 0. The molecule has 0 heterocycles. The van der Waals surface area contributed by atoms with Gasteiger partial charge in [-0.1, -0.05) is 24.6 Å². The summed E-state index contributed by atoms with van der Waals surface area (Å²) in [5.74, 6) is -0.244. The van der Waals surface area contributed by atoms with E-state index in [9.17, 15) is 4.79 Å². The van der Waals surface area contributed by atoms with E-state index in [1.54, 1.807) is 0 Å². The minimum atomic E-state index is -0.395.